The van der Waals surface area contributed by atoms with Crippen LogP contribution in [-0.2, 0) is 0 Å². The molecule has 1 saturated heterocycles. The SMILES string of the molecule is CC(=O)c1ccc(N2CCN(C(=O)NCCOc3cccc(C)c3)CC2)cc1. The van der Waals surface area contributed by atoms with Gasteiger partial charge in [0.05, 0.1) is 6.54 Å². The second-order valence-corrected chi connectivity index (χ2v) is 6.97. The molecule has 1 N–H and O–H groups in total. The highest BCUT2D eigenvalue weighted by atomic mass is 16.5. The number of nitrogens with one attached hydrogen (secondary N) is 1. The average molecular weight is 381 g/mol. The first kappa shape index (κ1) is 19.7. The summed E-state index contributed by atoms with van der Waals surface area (Å²) in [6.07, 6.45) is 0. The Balaban J connectivity index is 1.39. The van der Waals surface area contributed by atoms with E-state index in [4.69, 9.17) is 4.74 Å². The molecule has 0 aromatic heterocycles. The Morgan fingerprint density at radius 1 is 1.04 bits per heavy atom. The van der Waals surface area contributed by atoms with Gasteiger partial charge in [-0.2, -0.15) is 0 Å². The third-order valence-corrected chi connectivity index (χ3v) is 4.84. The van der Waals surface area contributed by atoms with Crippen LogP contribution in [0.2, 0.25) is 0 Å². The van der Waals surface area contributed by atoms with Gasteiger partial charge in [-0.1, -0.05) is 12.1 Å². The summed E-state index contributed by atoms with van der Waals surface area (Å²) in [6, 6.07) is 15.4. The predicted octanol–water partition coefficient (Wildman–Crippen LogP) is 3.11. The Bertz CT molecular complexity index is 812. The molecule has 1 aliphatic rings. The minimum atomic E-state index is -0.0561. The number of carbonyl (C=O) groups excluding carboxylic acids is 2. The third-order valence-electron chi connectivity index (χ3n) is 4.84. The maximum absolute atomic E-state index is 12.3. The molecule has 1 fully saturated rings. The van der Waals surface area contributed by atoms with Crippen LogP contribution >= 0.6 is 0 Å². The molecular weight excluding hydrogens is 354 g/mol. The summed E-state index contributed by atoms with van der Waals surface area (Å²) in [6.45, 7) is 7.37. The number of urea groups is 1. The minimum absolute atomic E-state index is 0.0561. The van der Waals surface area contributed by atoms with E-state index in [-0.39, 0.29) is 11.8 Å². The van der Waals surface area contributed by atoms with Crippen molar-refractivity contribution < 1.29 is 14.3 Å². The van der Waals surface area contributed by atoms with E-state index < -0.39 is 0 Å². The first-order valence-electron chi connectivity index (χ1n) is 9.61. The Labute approximate surface area is 166 Å². The van der Waals surface area contributed by atoms with Crippen molar-refractivity contribution in [2.45, 2.75) is 13.8 Å². The number of hydrogen-bond acceptors (Lipinski definition) is 4. The van der Waals surface area contributed by atoms with E-state index in [9.17, 15) is 9.59 Å². The molecule has 2 aromatic rings. The molecule has 0 spiro atoms. The topological polar surface area (TPSA) is 61.9 Å². The molecule has 0 bridgehead atoms. The summed E-state index contributed by atoms with van der Waals surface area (Å²) < 4.78 is 5.66. The van der Waals surface area contributed by atoms with E-state index in [1.165, 1.54) is 0 Å². The van der Waals surface area contributed by atoms with E-state index in [1.807, 2.05) is 60.4 Å². The fourth-order valence-corrected chi connectivity index (χ4v) is 3.22. The Hall–Kier alpha value is -3.02. The second kappa shape index (κ2) is 9.26. The number of amides is 2. The number of rotatable bonds is 6. The molecule has 3 rings (SSSR count). The van der Waals surface area contributed by atoms with Gasteiger partial charge in [0.15, 0.2) is 5.78 Å². The number of ketones is 1. The molecule has 0 radical (unpaired) electrons. The summed E-state index contributed by atoms with van der Waals surface area (Å²) in [5, 5.41) is 2.92. The number of carbonyl (C=O) groups is 2. The number of aryl methyl sites for hydroxylation is 1. The number of nitrogens with zero attached hydrogens (tertiary/aromatic N) is 2. The minimum Gasteiger partial charge on any atom is -0.492 e. The van der Waals surface area contributed by atoms with Crippen LogP contribution < -0.4 is 15.0 Å². The highest BCUT2D eigenvalue weighted by Gasteiger charge is 2.21. The van der Waals surface area contributed by atoms with E-state index in [0.717, 1.165) is 35.7 Å². The smallest absolute Gasteiger partial charge is 0.317 e. The number of benzene rings is 2. The van der Waals surface area contributed by atoms with Crippen molar-refractivity contribution in [2.24, 2.45) is 0 Å². The highest BCUT2D eigenvalue weighted by Crippen LogP contribution is 2.18. The molecule has 28 heavy (non-hydrogen) atoms. The van der Waals surface area contributed by atoms with Crippen LogP contribution in [-0.4, -0.2) is 56.0 Å². The fourth-order valence-electron chi connectivity index (χ4n) is 3.22. The molecule has 0 aliphatic carbocycles. The maximum Gasteiger partial charge on any atom is 0.317 e. The standard InChI is InChI=1S/C22H27N3O3/c1-17-4-3-5-21(16-17)28-15-10-23-22(27)25-13-11-24(12-14-25)20-8-6-19(7-9-20)18(2)26/h3-9,16H,10-15H2,1-2H3,(H,23,27). The van der Waals surface area contributed by atoms with Gasteiger partial charge < -0.3 is 19.9 Å². The van der Waals surface area contributed by atoms with Crippen molar-refractivity contribution in [2.75, 3.05) is 44.2 Å². The van der Waals surface area contributed by atoms with Crippen LogP contribution in [0.5, 0.6) is 5.75 Å². The van der Waals surface area contributed by atoms with Gasteiger partial charge in [0.1, 0.15) is 12.4 Å². The molecule has 2 aromatic carbocycles. The summed E-state index contributed by atoms with van der Waals surface area (Å²) in [4.78, 5) is 27.8. The van der Waals surface area contributed by atoms with Crippen LogP contribution in [0.1, 0.15) is 22.8 Å². The number of piperazine rings is 1. The summed E-state index contributed by atoms with van der Waals surface area (Å²) >= 11 is 0. The van der Waals surface area contributed by atoms with Crippen molar-refractivity contribution in [1.82, 2.24) is 10.2 Å². The first-order chi connectivity index (χ1) is 13.5. The molecule has 148 valence electrons. The van der Waals surface area contributed by atoms with E-state index in [1.54, 1.807) is 6.92 Å². The predicted molar refractivity (Wildman–Crippen MR) is 110 cm³/mol. The highest BCUT2D eigenvalue weighted by molar-refractivity contribution is 5.94. The first-order valence-corrected chi connectivity index (χ1v) is 9.61. The monoisotopic (exact) mass is 381 g/mol. The van der Waals surface area contributed by atoms with Gasteiger partial charge >= 0.3 is 6.03 Å². The molecule has 0 atom stereocenters. The zero-order valence-corrected chi connectivity index (χ0v) is 16.5. The van der Waals surface area contributed by atoms with Crippen LogP contribution in [0.3, 0.4) is 0 Å². The molecule has 1 aliphatic heterocycles. The lowest BCUT2D eigenvalue weighted by Crippen LogP contribution is -2.52. The summed E-state index contributed by atoms with van der Waals surface area (Å²) in [5.41, 5.74) is 2.95. The summed E-state index contributed by atoms with van der Waals surface area (Å²) in [5.74, 6) is 0.887. The number of ether oxygens (including phenoxy) is 1. The van der Waals surface area contributed by atoms with E-state index in [0.29, 0.717) is 26.2 Å². The average Bonchev–Trinajstić information content (AvgIpc) is 2.71. The number of Topliss-reactive ketones (excluding diaryl/α,β-unsaturated/α-hetero) is 1. The van der Waals surface area contributed by atoms with Gasteiger partial charge in [-0.05, 0) is 55.8 Å². The van der Waals surface area contributed by atoms with Crippen LogP contribution in [0.4, 0.5) is 10.5 Å². The van der Waals surface area contributed by atoms with Gasteiger partial charge in [0, 0.05) is 37.4 Å². The molecule has 0 unspecified atom stereocenters. The quantitative estimate of drug-likeness (QED) is 0.617. The van der Waals surface area contributed by atoms with E-state index in [2.05, 4.69) is 10.2 Å². The lowest BCUT2D eigenvalue weighted by molar-refractivity contribution is 0.101. The van der Waals surface area contributed by atoms with Crippen molar-refractivity contribution in [3.63, 3.8) is 0 Å². The van der Waals surface area contributed by atoms with Crippen molar-refractivity contribution in [1.29, 1.82) is 0 Å². The van der Waals surface area contributed by atoms with Crippen LogP contribution in [0.15, 0.2) is 48.5 Å². The van der Waals surface area contributed by atoms with Gasteiger partial charge in [0.25, 0.3) is 0 Å². The van der Waals surface area contributed by atoms with Crippen molar-refractivity contribution in [3.05, 3.63) is 59.7 Å². The van der Waals surface area contributed by atoms with Gasteiger partial charge in [-0.25, -0.2) is 4.79 Å². The Kier molecular flexibility index (Phi) is 6.53. The van der Waals surface area contributed by atoms with Crippen LogP contribution in [0.25, 0.3) is 0 Å². The Morgan fingerprint density at radius 3 is 2.39 bits per heavy atom. The van der Waals surface area contributed by atoms with E-state index >= 15 is 0 Å². The number of anilines is 1. The van der Waals surface area contributed by atoms with Gasteiger partial charge in [0.2, 0.25) is 0 Å². The molecule has 6 nitrogen and oxygen atoms in total. The third kappa shape index (κ3) is 5.25. The Morgan fingerprint density at radius 2 is 1.75 bits per heavy atom. The molecular formula is C22H27N3O3. The largest absolute Gasteiger partial charge is 0.492 e. The lowest BCUT2D eigenvalue weighted by atomic mass is 10.1. The molecule has 0 saturated carbocycles. The lowest BCUT2D eigenvalue weighted by Gasteiger charge is -2.36. The second-order valence-electron chi connectivity index (χ2n) is 6.97. The van der Waals surface area contributed by atoms with Gasteiger partial charge in [-0.3, -0.25) is 4.79 Å². The zero-order valence-electron chi connectivity index (χ0n) is 16.5. The van der Waals surface area contributed by atoms with Gasteiger partial charge in [-0.15, -0.1) is 0 Å². The molecule has 2 amide bonds. The van der Waals surface area contributed by atoms with Crippen molar-refractivity contribution in [3.8, 4) is 5.75 Å². The molecule has 6 heteroatoms. The number of hydrogen-bond donors (Lipinski definition) is 1. The van der Waals surface area contributed by atoms with Crippen LogP contribution in [0, 0.1) is 6.92 Å². The fraction of sp³-hybridized carbons (Fsp3) is 0.364. The zero-order chi connectivity index (χ0) is 19.9. The molecule has 1 heterocycles. The van der Waals surface area contributed by atoms with Crippen molar-refractivity contribution >= 4 is 17.5 Å². The summed E-state index contributed by atoms with van der Waals surface area (Å²) in [7, 11) is 0. The maximum atomic E-state index is 12.3. The normalized spacial score (nSPS) is 13.9.